The van der Waals surface area contributed by atoms with Crippen LogP contribution < -0.4 is 15.1 Å². The molecule has 4 N–H and O–H groups in total. The SMILES string of the molecule is O=C(NO)c1ccc(NS(=O)(=O)c2ccc3sc(=O)[nH]c3c2)cc1. The Morgan fingerprint density at radius 1 is 1.12 bits per heavy atom. The summed E-state index contributed by atoms with van der Waals surface area (Å²) in [5, 5.41) is 8.55. The second-order valence-electron chi connectivity index (χ2n) is 4.80. The molecule has 1 amide bonds. The molecule has 0 unspecified atom stereocenters. The summed E-state index contributed by atoms with van der Waals surface area (Å²) in [6.45, 7) is 0. The second kappa shape index (κ2) is 6.07. The van der Waals surface area contributed by atoms with E-state index in [0.717, 1.165) is 11.3 Å². The molecule has 0 aliphatic carbocycles. The van der Waals surface area contributed by atoms with E-state index in [1.807, 2.05) is 0 Å². The largest absolute Gasteiger partial charge is 0.312 e. The first kappa shape index (κ1) is 16.2. The Morgan fingerprint density at radius 2 is 1.83 bits per heavy atom. The normalized spacial score (nSPS) is 11.4. The number of benzene rings is 2. The number of fused-ring (bicyclic) bond motifs is 1. The van der Waals surface area contributed by atoms with Gasteiger partial charge in [0, 0.05) is 11.3 Å². The molecular formula is C14H11N3O5S2. The van der Waals surface area contributed by atoms with Gasteiger partial charge in [0.15, 0.2) is 0 Å². The number of hydrogen-bond acceptors (Lipinski definition) is 6. The molecule has 24 heavy (non-hydrogen) atoms. The molecule has 0 aliphatic heterocycles. The molecule has 0 saturated carbocycles. The standard InChI is InChI=1S/C14H11N3O5S2/c18-13(16-20)8-1-3-9(4-2-8)17-24(21,22)10-5-6-12-11(7-10)15-14(19)23-12/h1-7,17,20H,(H,15,19)(H,16,18). The molecule has 8 nitrogen and oxygen atoms in total. The number of thiazole rings is 1. The van der Waals surface area contributed by atoms with Gasteiger partial charge in [0.25, 0.3) is 15.9 Å². The van der Waals surface area contributed by atoms with Crippen LogP contribution in [0.2, 0.25) is 0 Å². The quantitative estimate of drug-likeness (QED) is 0.411. The fraction of sp³-hybridized carbons (Fsp3) is 0. The summed E-state index contributed by atoms with van der Waals surface area (Å²) in [7, 11) is -3.85. The minimum atomic E-state index is -3.85. The number of amides is 1. The van der Waals surface area contributed by atoms with Gasteiger partial charge < -0.3 is 4.98 Å². The maximum atomic E-state index is 12.4. The smallest absolute Gasteiger partial charge is 0.305 e. The summed E-state index contributed by atoms with van der Waals surface area (Å²) in [5.41, 5.74) is 2.37. The second-order valence-corrected chi connectivity index (χ2v) is 7.49. The van der Waals surface area contributed by atoms with Crippen molar-refractivity contribution < 1.29 is 18.4 Å². The molecule has 0 aliphatic rings. The molecule has 3 rings (SSSR count). The third-order valence-corrected chi connectivity index (χ3v) is 5.44. The highest BCUT2D eigenvalue weighted by Gasteiger charge is 2.16. The summed E-state index contributed by atoms with van der Waals surface area (Å²) in [6.07, 6.45) is 0. The van der Waals surface area contributed by atoms with Crippen LogP contribution in [0.25, 0.3) is 10.2 Å². The number of carbonyl (C=O) groups is 1. The van der Waals surface area contributed by atoms with E-state index in [4.69, 9.17) is 5.21 Å². The van der Waals surface area contributed by atoms with Gasteiger partial charge in [0.2, 0.25) is 0 Å². The van der Waals surface area contributed by atoms with Crippen LogP contribution in [0.15, 0.2) is 52.2 Å². The van der Waals surface area contributed by atoms with Gasteiger partial charge in [0.1, 0.15) is 0 Å². The number of nitrogens with one attached hydrogen (secondary N) is 3. The first-order valence-electron chi connectivity index (χ1n) is 6.59. The number of anilines is 1. The minimum absolute atomic E-state index is 0.00114. The Bertz CT molecular complexity index is 1070. The Hall–Kier alpha value is -2.69. The van der Waals surface area contributed by atoms with E-state index in [-0.39, 0.29) is 21.0 Å². The molecule has 124 valence electrons. The van der Waals surface area contributed by atoms with Crippen molar-refractivity contribution in [3.8, 4) is 0 Å². The minimum Gasteiger partial charge on any atom is -0.312 e. The zero-order valence-electron chi connectivity index (χ0n) is 11.9. The maximum Gasteiger partial charge on any atom is 0.305 e. The van der Waals surface area contributed by atoms with Gasteiger partial charge in [-0.3, -0.25) is 19.5 Å². The number of hydroxylamine groups is 1. The zero-order valence-corrected chi connectivity index (χ0v) is 13.6. The van der Waals surface area contributed by atoms with Crippen LogP contribution in [0, 0.1) is 0 Å². The van der Waals surface area contributed by atoms with Crippen molar-refractivity contribution in [2.45, 2.75) is 4.90 Å². The molecule has 0 fully saturated rings. The molecular weight excluding hydrogens is 354 g/mol. The summed E-state index contributed by atoms with van der Waals surface area (Å²) in [4.78, 5) is 24.8. The van der Waals surface area contributed by atoms with E-state index in [1.54, 1.807) is 6.07 Å². The van der Waals surface area contributed by atoms with Crippen molar-refractivity contribution >= 4 is 43.2 Å². The predicted octanol–water partition coefficient (Wildman–Crippen LogP) is 1.51. The number of carbonyl (C=O) groups excluding carboxylic acids is 1. The molecule has 3 aromatic rings. The van der Waals surface area contributed by atoms with Gasteiger partial charge in [-0.1, -0.05) is 11.3 Å². The van der Waals surface area contributed by atoms with Gasteiger partial charge in [-0.15, -0.1) is 0 Å². The van der Waals surface area contributed by atoms with Crippen LogP contribution in [-0.4, -0.2) is 24.5 Å². The highest BCUT2D eigenvalue weighted by atomic mass is 32.2. The van der Waals surface area contributed by atoms with Crippen LogP contribution in [0.5, 0.6) is 0 Å². The average molecular weight is 365 g/mol. The molecule has 10 heteroatoms. The third-order valence-electron chi connectivity index (χ3n) is 3.20. The molecule has 0 spiro atoms. The molecule has 1 aromatic heterocycles. The number of hydrogen-bond donors (Lipinski definition) is 4. The number of aromatic amines is 1. The van der Waals surface area contributed by atoms with Crippen molar-refractivity contribution in [3.63, 3.8) is 0 Å². The van der Waals surface area contributed by atoms with Crippen LogP contribution in [0.1, 0.15) is 10.4 Å². The van der Waals surface area contributed by atoms with Gasteiger partial charge in [-0.2, -0.15) is 0 Å². The third kappa shape index (κ3) is 3.15. The van der Waals surface area contributed by atoms with Crippen molar-refractivity contribution in [3.05, 3.63) is 57.7 Å². The lowest BCUT2D eigenvalue weighted by molar-refractivity contribution is 0.0706. The lowest BCUT2D eigenvalue weighted by Crippen LogP contribution is -2.18. The Balaban J connectivity index is 1.89. The molecule has 0 atom stereocenters. The number of H-pyrrole nitrogens is 1. The summed E-state index contributed by atoms with van der Waals surface area (Å²) < 4.78 is 27.9. The summed E-state index contributed by atoms with van der Waals surface area (Å²) in [5.74, 6) is -0.698. The molecule has 0 radical (unpaired) electrons. The number of sulfonamides is 1. The predicted molar refractivity (Wildman–Crippen MR) is 88.9 cm³/mol. The fourth-order valence-corrected chi connectivity index (χ4v) is 3.87. The van der Waals surface area contributed by atoms with E-state index < -0.39 is 15.9 Å². The van der Waals surface area contributed by atoms with E-state index in [0.29, 0.717) is 10.2 Å². The average Bonchev–Trinajstić information content (AvgIpc) is 2.93. The molecule has 1 heterocycles. The molecule has 0 saturated heterocycles. The fourth-order valence-electron chi connectivity index (χ4n) is 2.07. The Kier molecular flexibility index (Phi) is 4.09. The maximum absolute atomic E-state index is 12.4. The van der Waals surface area contributed by atoms with E-state index >= 15 is 0 Å². The molecule has 0 bridgehead atoms. The topological polar surface area (TPSA) is 128 Å². The van der Waals surface area contributed by atoms with Crippen molar-refractivity contribution in [1.82, 2.24) is 10.5 Å². The highest BCUT2D eigenvalue weighted by molar-refractivity contribution is 7.92. The lowest BCUT2D eigenvalue weighted by Gasteiger charge is -2.08. The van der Waals surface area contributed by atoms with E-state index in [2.05, 4.69) is 9.71 Å². The van der Waals surface area contributed by atoms with E-state index in [1.165, 1.54) is 41.9 Å². The van der Waals surface area contributed by atoms with Crippen molar-refractivity contribution in [2.24, 2.45) is 0 Å². The van der Waals surface area contributed by atoms with E-state index in [9.17, 15) is 18.0 Å². The first-order valence-corrected chi connectivity index (χ1v) is 8.89. The van der Waals surface area contributed by atoms with Crippen LogP contribution in [0.4, 0.5) is 5.69 Å². The Labute approximate surface area is 139 Å². The van der Waals surface area contributed by atoms with Crippen LogP contribution in [0.3, 0.4) is 0 Å². The van der Waals surface area contributed by atoms with Gasteiger partial charge >= 0.3 is 4.87 Å². The van der Waals surface area contributed by atoms with Gasteiger partial charge in [-0.25, -0.2) is 13.9 Å². The van der Waals surface area contributed by atoms with Gasteiger partial charge in [0.05, 0.1) is 15.1 Å². The van der Waals surface area contributed by atoms with Crippen molar-refractivity contribution in [2.75, 3.05) is 4.72 Å². The van der Waals surface area contributed by atoms with Crippen LogP contribution in [-0.2, 0) is 10.0 Å². The van der Waals surface area contributed by atoms with Gasteiger partial charge in [-0.05, 0) is 42.5 Å². The monoisotopic (exact) mass is 365 g/mol. The zero-order chi connectivity index (χ0) is 17.3. The Morgan fingerprint density at radius 3 is 2.50 bits per heavy atom. The van der Waals surface area contributed by atoms with Crippen LogP contribution >= 0.6 is 11.3 Å². The first-order chi connectivity index (χ1) is 11.4. The number of rotatable bonds is 4. The lowest BCUT2D eigenvalue weighted by atomic mass is 10.2. The highest BCUT2D eigenvalue weighted by Crippen LogP contribution is 2.21. The summed E-state index contributed by atoms with van der Waals surface area (Å²) in [6, 6.07) is 9.86. The number of aromatic nitrogens is 1. The molecule has 2 aromatic carbocycles. The summed E-state index contributed by atoms with van der Waals surface area (Å²) >= 11 is 0.997. The van der Waals surface area contributed by atoms with Crippen molar-refractivity contribution in [1.29, 1.82) is 0 Å².